The number of benzene rings is 1. The average molecular weight is 314 g/mol. The summed E-state index contributed by atoms with van der Waals surface area (Å²) in [7, 11) is -3.75. The largest absolute Gasteiger partial charge is 0.398 e. The van der Waals surface area contributed by atoms with Crippen LogP contribution in [0.2, 0.25) is 0 Å². The Hall–Kier alpha value is -1.44. The predicted molar refractivity (Wildman–Crippen MR) is 78.6 cm³/mol. The van der Waals surface area contributed by atoms with E-state index in [0.29, 0.717) is 6.42 Å². The van der Waals surface area contributed by atoms with Crippen LogP contribution in [0.5, 0.6) is 0 Å². The number of hydrogen-bond donors (Lipinski definition) is 2. The summed E-state index contributed by atoms with van der Waals surface area (Å²) in [5, 5.41) is 1.94. The molecule has 3 N–H and O–H groups in total. The normalized spacial score (nSPS) is 13.3. The minimum absolute atomic E-state index is 0.0965. The molecule has 0 aliphatic carbocycles. The molecule has 1 heterocycles. The van der Waals surface area contributed by atoms with Crippen LogP contribution < -0.4 is 10.5 Å². The monoisotopic (exact) mass is 314 g/mol. The van der Waals surface area contributed by atoms with Gasteiger partial charge in [0.2, 0.25) is 10.0 Å². The van der Waals surface area contributed by atoms with Crippen molar-refractivity contribution >= 4 is 27.0 Å². The van der Waals surface area contributed by atoms with Crippen molar-refractivity contribution in [2.45, 2.75) is 24.3 Å². The van der Waals surface area contributed by atoms with E-state index in [1.54, 1.807) is 18.3 Å². The van der Waals surface area contributed by atoms with Crippen LogP contribution in [0.25, 0.3) is 0 Å². The van der Waals surface area contributed by atoms with Crippen LogP contribution in [0.4, 0.5) is 10.1 Å². The Balaban J connectivity index is 2.14. The molecule has 0 radical (unpaired) electrons. The van der Waals surface area contributed by atoms with Crippen LogP contribution in [0.3, 0.4) is 0 Å². The zero-order valence-corrected chi connectivity index (χ0v) is 12.5. The molecule has 0 spiro atoms. The minimum Gasteiger partial charge on any atom is -0.398 e. The molecule has 1 aromatic carbocycles. The second kappa shape index (κ2) is 5.90. The van der Waals surface area contributed by atoms with Crippen molar-refractivity contribution in [3.8, 4) is 0 Å². The molecule has 108 valence electrons. The first-order valence-electron chi connectivity index (χ1n) is 5.98. The highest BCUT2D eigenvalue weighted by molar-refractivity contribution is 7.89. The molecule has 4 nitrogen and oxygen atoms in total. The van der Waals surface area contributed by atoms with E-state index < -0.39 is 15.8 Å². The van der Waals surface area contributed by atoms with Crippen molar-refractivity contribution in [2.75, 3.05) is 5.73 Å². The predicted octanol–water partition coefficient (Wildman–Crippen LogP) is 2.38. The van der Waals surface area contributed by atoms with Gasteiger partial charge in [0.05, 0.1) is 5.69 Å². The number of rotatable bonds is 5. The van der Waals surface area contributed by atoms with E-state index in [-0.39, 0.29) is 16.6 Å². The number of sulfonamides is 1. The fraction of sp³-hybridized carbons (Fsp3) is 0.231. The van der Waals surface area contributed by atoms with E-state index in [4.69, 9.17) is 5.73 Å². The first kappa shape index (κ1) is 15.0. The van der Waals surface area contributed by atoms with Crippen LogP contribution in [0.1, 0.15) is 11.8 Å². The number of anilines is 1. The maximum Gasteiger partial charge on any atom is 0.242 e. The van der Waals surface area contributed by atoms with Crippen molar-refractivity contribution in [1.29, 1.82) is 0 Å². The molecule has 0 aliphatic rings. The summed E-state index contributed by atoms with van der Waals surface area (Å²) < 4.78 is 39.9. The summed E-state index contributed by atoms with van der Waals surface area (Å²) in [6.07, 6.45) is 0.595. The van der Waals surface area contributed by atoms with E-state index in [0.717, 1.165) is 17.0 Å². The Kier molecular flexibility index (Phi) is 4.42. The molecular formula is C13H15FN2O2S2. The van der Waals surface area contributed by atoms with Crippen molar-refractivity contribution < 1.29 is 12.8 Å². The zero-order valence-electron chi connectivity index (χ0n) is 10.8. The average Bonchev–Trinajstić information content (AvgIpc) is 2.79. The number of halogens is 1. The molecule has 20 heavy (non-hydrogen) atoms. The highest BCUT2D eigenvalue weighted by Gasteiger charge is 2.20. The molecule has 1 aromatic heterocycles. The third kappa shape index (κ3) is 3.56. The summed E-state index contributed by atoms with van der Waals surface area (Å²) in [4.78, 5) is 0.990. The molecule has 0 saturated heterocycles. The lowest BCUT2D eigenvalue weighted by Gasteiger charge is -2.14. The molecule has 0 bridgehead atoms. The fourth-order valence-corrected chi connectivity index (χ4v) is 4.06. The lowest BCUT2D eigenvalue weighted by molar-refractivity contribution is 0.560. The Morgan fingerprint density at radius 2 is 2.15 bits per heavy atom. The smallest absolute Gasteiger partial charge is 0.242 e. The number of nitrogen functional groups attached to an aromatic ring is 1. The molecule has 1 unspecified atom stereocenters. The quantitative estimate of drug-likeness (QED) is 0.832. The fourth-order valence-electron chi connectivity index (χ4n) is 1.86. The molecule has 1 atom stereocenters. The molecule has 7 heteroatoms. The second-order valence-electron chi connectivity index (χ2n) is 4.49. The van der Waals surface area contributed by atoms with Gasteiger partial charge in [-0.3, -0.25) is 0 Å². The van der Waals surface area contributed by atoms with Gasteiger partial charge in [-0.05, 0) is 43.0 Å². The lowest BCUT2D eigenvalue weighted by Crippen LogP contribution is -2.34. The molecule has 2 aromatic rings. The summed E-state index contributed by atoms with van der Waals surface area (Å²) >= 11 is 1.57. The van der Waals surface area contributed by atoms with Crippen LogP contribution in [0, 0.1) is 5.82 Å². The third-order valence-corrected chi connectivity index (χ3v) is 5.27. The number of hydrogen-bond acceptors (Lipinski definition) is 4. The van der Waals surface area contributed by atoms with E-state index in [9.17, 15) is 12.8 Å². The van der Waals surface area contributed by atoms with Gasteiger partial charge in [-0.1, -0.05) is 6.07 Å². The van der Waals surface area contributed by atoms with Crippen LogP contribution >= 0.6 is 11.3 Å². The Bertz CT molecular complexity index is 684. The molecular weight excluding hydrogens is 299 g/mol. The van der Waals surface area contributed by atoms with Crippen LogP contribution in [-0.2, 0) is 16.4 Å². The van der Waals surface area contributed by atoms with Crippen LogP contribution in [0.15, 0.2) is 40.6 Å². The summed E-state index contributed by atoms with van der Waals surface area (Å²) in [5.74, 6) is -0.562. The number of thiophene rings is 1. The number of nitrogens with two attached hydrogens (primary N) is 1. The van der Waals surface area contributed by atoms with Gasteiger partial charge in [-0.15, -0.1) is 11.3 Å². The van der Waals surface area contributed by atoms with Crippen molar-refractivity contribution in [3.63, 3.8) is 0 Å². The molecule has 2 rings (SSSR count). The molecule has 0 amide bonds. The Morgan fingerprint density at radius 3 is 2.75 bits per heavy atom. The standard InChI is InChI=1S/C13H15FN2O2S2/c1-9(7-11-3-2-6-19-11)16-20(17,18)13-5-4-10(14)8-12(13)15/h2-6,8-9,16H,7,15H2,1H3. The third-order valence-electron chi connectivity index (χ3n) is 2.71. The van der Waals surface area contributed by atoms with Gasteiger partial charge >= 0.3 is 0 Å². The van der Waals surface area contributed by atoms with Crippen molar-refractivity contribution in [3.05, 3.63) is 46.4 Å². The van der Waals surface area contributed by atoms with Gasteiger partial charge in [-0.2, -0.15) is 0 Å². The maximum absolute atomic E-state index is 13.0. The van der Waals surface area contributed by atoms with Crippen LogP contribution in [-0.4, -0.2) is 14.5 Å². The lowest BCUT2D eigenvalue weighted by atomic mass is 10.2. The molecule has 0 saturated carbocycles. The topological polar surface area (TPSA) is 72.2 Å². The Morgan fingerprint density at radius 1 is 1.40 bits per heavy atom. The van der Waals surface area contributed by atoms with Gasteiger partial charge in [0.1, 0.15) is 10.7 Å². The molecule has 0 aliphatic heterocycles. The zero-order chi connectivity index (χ0) is 14.8. The van der Waals surface area contributed by atoms with E-state index in [1.165, 1.54) is 6.07 Å². The van der Waals surface area contributed by atoms with Gasteiger partial charge < -0.3 is 5.73 Å². The highest BCUT2D eigenvalue weighted by Crippen LogP contribution is 2.20. The first-order chi connectivity index (χ1) is 9.38. The van der Waals surface area contributed by atoms with Crippen molar-refractivity contribution in [1.82, 2.24) is 4.72 Å². The second-order valence-corrected chi connectivity index (χ2v) is 7.20. The summed E-state index contributed by atoms with van der Waals surface area (Å²) in [6, 6.07) is 6.84. The SMILES string of the molecule is CC(Cc1cccs1)NS(=O)(=O)c1ccc(F)cc1N. The summed E-state index contributed by atoms with van der Waals surface area (Å²) in [6.45, 7) is 1.77. The van der Waals surface area contributed by atoms with E-state index in [2.05, 4.69) is 4.72 Å². The molecule has 0 fully saturated rings. The summed E-state index contributed by atoms with van der Waals surface area (Å²) in [5.41, 5.74) is 5.47. The van der Waals surface area contributed by atoms with Crippen molar-refractivity contribution in [2.24, 2.45) is 0 Å². The minimum atomic E-state index is -3.75. The van der Waals surface area contributed by atoms with Gasteiger partial charge in [0.15, 0.2) is 0 Å². The van der Waals surface area contributed by atoms with Gasteiger partial charge in [0, 0.05) is 10.9 Å². The van der Waals surface area contributed by atoms with Gasteiger partial charge in [0.25, 0.3) is 0 Å². The first-order valence-corrected chi connectivity index (χ1v) is 8.34. The van der Waals surface area contributed by atoms with E-state index >= 15 is 0 Å². The van der Waals surface area contributed by atoms with E-state index in [1.807, 2.05) is 17.5 Å². The Labute approximate surface area is 121 Å². The number of nitrogens with one attached hydrogen (secondary N) is 1. The highest BCUT2D eigenvalue weighted by atomic mass is 32.2. The maximum atomic E-state index is 13.0. The van der Waals surface area contributed by atoms with Gasteiger partial charge in [-0.25, -0.2) is 17.5 Å².